The number of benzene rings is 2. The summed E-state index contributed by atoms with van der Waals surface area (Å²) in [6.45, 7) is 1.84. The summed E-state index contributed by atoms with van der Waals surface area (Å²) < 4.78 is 9.99. The van der Waals surface area contributed by atoms with Gasteiger partial charge in [-0.25, -0.2) is 4.79 Å². The molecule has 0 radical (unpaired) electrons. The summed E-state index contributed by atoms with van der Waals surface area (Å²) in [5, 5.41) is 2.58. The Hall–Kier alpha value is -2.86. The molecule has 0 spiro atoms. The highest BCUT2D eigenvalue weighted by Crippen LogP contribution is 2.44. The fraction of sp³-hybridized carbons (Fsp3) is 0.300. The number of esters is 1. The summed E-state index contributed by atoms with van der Waals surface area (Å²) in [7, 11) is 1.25. The number of carbonyl (C=O) groups is 2. The smallest absolute Gasteiger partial charge is 0.407 e. The molecule has 2 unspecified atom stereocenters. The van der Waals surface area contributed by atoms with Crippen LogP contribution in [-0.4, -0.2) is 37.9 Å². The van der Waals surface area contributed by atoms with E-state index >= 15 is 0 Å². The predicted octanol–water partition coefficient (Wildman–Crippen LogP) is 2.41. The van der Waals surface area contributed by atoms with Gasteiger partial charge >= 0.3 is 12.1 Å². The lowest BCUT2D eigenvalue weighted by Gasteiger charge is -2.20. The van der Waals surface area contributed by atoms with Crippen LogP contribution in [0.25, 0.3) is 11.1 Å². The fourth-order valence-corrected chi connectivity index (χ4v) is 3.26. The molecule has 0 bridgehead atoms. The van der Waals surface area contributed by atoms with Gasteiger partial charge in [-0.1, -0.05) is 48.5 Å². The molecule has 1 aliphatic carbocycles. The van der Waals surface area contributed by atoms with Crippen LogP contribution in [0.1, 0.15) is 24.0 Å². The van der Waals surface area contributed by atoms with Crippen molar-refractivity contribution in [3.63, 3.8) is 0 Å². The van der Waals surface area contributed by atoms with E-state index in [0.717, 1.165) is 22.3 Å². The number of nitrogens with two attached hydrogens (primary N) is 1. The number of hydrogen-bond acceptors (Lipinski definition) is 5. The van der Waals surface area contributed by atoms with Gasteiger partial charge in [-0.3, -0.25) is 4.79 Å². The molecule has 0 saturated heterocycles. The number of rotatable bonds is 5. The summed E-state index contributed by atoms with van der Waals surface area (Å²) in [4.78, 5) is 23.5. The Labute approximate surface area is 152 Å². The van der Waals surface area contributed by atoms with E-state index in [9.17, 15) is 9.59 Å². The molecule has 2 aromatic rings. The highest BCUT2D eigenvalue weighted by Gasteiger charge is 2.29. The van der Waals surface area contributed by atoms with Crippen LogP contribution in [0.4, 0.5) is 4.79 Å². The summed E-state index contributed by atoms with van der Waals surface area (Å²) in [5.74, 6) is -0.603. The van der Waals surface area contributed by atoms with Gasteiger partial charge < -0.3 is 20.5 Å². The Balaban J connectivity index is 1.67. The molecule has 0 heterocycles. The van der Waals surface area contributed by atoms with E-state index < -0.39 is 24.1 Å². The number of amides is 1. The molecule has 2 aromatic carbocycles. The predicted molar refractivity (Wildman–Crippen MR) is 97.7 cm³/mol. The first-order valence-electron chi connectivity index (χ1n) is 8.48. The Kier molecular flexibility index (Phi) is 5.23. The number of ether oxygens (including phenoxy) is 2. The van der Waals surface area contributed by atoms with Crippen molar-refractivity contribution in [1.82, 2.24) is 5.32 Å². The molecular formula is C20H22N2O4. The second-order valence-electron chi connectivity index (χ2n) is 6.31. The Morgan fingerprint density at radius 1 is 1.08 bits per heavy atom. The number of carbonyl (C=O) groups excluding carboxylic acids is 2. The van der Waals surface area contributed by atoms with Crippen LogP contribution >= 0.6 is 0 Å². The number of methoxy groups -OCH3 is 1. The van der Waals surface area contributed by atoms with E-state index in [-0.39, 0.29) is 12.5 Å². The third kappa shape index (κ3) is 3.41. The van der Waals surface area contributed by atoms with E-state index in [0.29, 0.717) is 0 Å². The van der Waals surface area contributed by atoms with Gasteiger partial charge in [-0.05, 0) is 29.2 Å². The number of nitrogens with one attached hydrogen (secondary N) is 1. The minimum atomic E-state index is -0.944. The van der Waals surface area contributed by atoms with E-state index in [1.54, 1.807) is 6.92 Å². The second-order valence-corrected chi connectivity index (χ2v) is 6.31. The van der Waals surface area contributed by atoms with Gasteiger partial charge in [0.15, 0.2) is 0 Å². The molecule has 0 saturated carbocycles. The molecule has 3 N–H and O–H groups in total. The van der Waals surface area contributed by atoms with Gasteiger partial charge in [0.2, 0.25) is 0 Å². The molecule has 0 fully saturated rings. The first-order chi connectivity index (χ1) is 12.5. The number of alkyl carbamates (subject to hydrolysis) is 1. The normalized spacial score (nSPS) is 14.7. The maximum absolute atomic E-state index is 12.1. The maximum Gasteiger partial charge on any atom is 0.407 e. The van der Waals surface area contributed by atoms with Gasteiger partial charge in [0.1, 0.15) is 12.6 Å². The van der Waals surface area contributed by atoms with E-state index in [2.05, 4.69) is 34.3 Å². The zero-order valence-corrected chi connectivity index (χ0v) is 14.8. The lowest BCUT2D eigenvalue weighted by molar-refractivity contribution is -0.142. The largest absolute Gasteiger partial charge is 0.468 e. The molecule has 26 heavy (non-hydrogen) atoms. The lowest BCUT2D eigenvalue weighted by Crippen LogP contribution is -2.50. The van der Waals surface area contributed by atoms with Gasteiger partial charge in [0, 0.05) is 5.92 Å². The summed E-state index contributed by atoms with van der Waals surface area (Å²) in [6.07, 6.45) is -0.612. The Bertz CT molecular complexity index is 775. The average molecular weight is 354 g/mol. The van der Waals surface area contributed by atoms with Crippen LogP contribution in [0.3, 0.4) is 0 Å². The van der Waals surface area contributed by atoms with E-state index in [1.165, 1.54) is 7.11 Å². The Morgan fingerprint density at radius 2 is 1.62 bits per heavy atom. The highest BCUT2D eigenvalue weighted by atomic mass is 16.5. The lowest BCUT2D eigenvalue weighted by atomic mass is 9.98. The number of hydrogen-bond donors (Lipinski definition) is 2. The van der Waals surface area contributed by atoms with Crippen LogP contribution in [0.5, 0.6) is 0 Å². The maximum atomic E-state index is 12.1. The molecule has 1 amide bonds. The zero-order chi connectivity index (χ0) is 18.7. The van der Waals surface area contributed by atoms with Crippen molar-refractivity contribution in [2.24, 2.45) is 5.73 Å². The van der Waals surface area contributed by atoms with Gasteiger partial charge in [0.05, 0.1) is 13.2 Å². The SMILES string of the molecule is COC(=O)C(N)C(C)NC(=O)OCC1c2ccccc2-c2ccccc21. The monoisotopic (exact) mass is 354 g/mol. The quantitative estimate of drug-likeness (QED) is 0.805. The fourth-order valence-electron chi connectivity index (χ4n) is 3.26. The molecule has 2 atom stereocenters. The third-order valence-electron chi connectivity index (χ3n) is 4.70. The van der Waals surface area contributed by atoms with E-state index in [1.807, 2.05) is 24.3 Å². The molecule has 6 heteroatoms. The first kappa shape index (κ1) is 17.9. The minimum Gasteiger partial charge on any atom is -0.468 e. The molecule has 1 aliphatic rings. The van der Waals surface area contributed by atoms with Gasteiger partial charge in [0.25, 0.3) is 0 Å². The standard InChI is InChI=1S/C20H22N2O4/c1-12(18(21)19(23)25-2)22-20(24)26-11-17-15-9-5-3-7-13(15)14-8-4-6-10-16(14)17/h3-10,12,17-18H,11,21H2,1-2H3,(H,22,24). The van der Waals surface area contributed by atoms with Crippen molar-refractivity contribution in [3.05, 3.63) is 59.7 Å². The first-order valence-corrected chi connectivity index (χ1v) is 8.48. The topological polar surface area (TPSA) is 90.6 Å². The summed E-state index contributed by atoms with van der Waals surface area (Å²) in [5.41, 5.74) is 10.3. The molecule has 0 aliphatic heterocycles. The van der Waals surface area contributed by atoms with Crippen LogP contribution in [-0.2, 0) is 14.3 Å². The third-order valence-corrected chi connectivity index (χ3v) is 4.70. The van der Waals surface area contributed by atoms with Crippen LogP contribution in [0.2, 0.25) is 0 Å². The second kappa shape index (κ2) is 7.58. The van der Waals surface area contributed by atoms with E-state index in [4.69, 9.17) is 10.5 Å². The molecule has 136 valence electrons. The minimum absolute atomic E-state index is 0.0160. The molecule has 6 nitrogen and oxygen atoms in total. The molecule has 0 aromatic heterocycles. The van der Waals surface area contributed by atoms with Crippen molar-refractivity contribution in [2.45, 2.75) is 24.9 Å². The summed E-state index contributed by atoms with van der Waals surface area (Å²) in [6, 6.07) is 14.7. The van der Waals surface area contributed by atoms with Crippen molar-refractivity contribution >= 4 is 12.1 Å². The van der Waals surface area contributed by atoms with Crippen LogP contribution < -0.4 is 11.1 Å². The average Bonchev–Trinajstić information content (AvgIpc) is 2.99. The number of fused-ring (bicyclic) bond motifs is 3. The van der Waals surface area contributed by atoms with Crippen LogP contribution in [0.15, 0.2) is 48.5 Å². The van der Waals surface area contributed by atoms with Gasteiger partial charge in [-0.15, -0.1) is 0 Å². The van der Waals surface area contributed by atoms with Crippen molar-refractivity contribution < 1.29 is 19.1 Å². The van der Waals surface area contributed by atoms with Crippen molar-refractivity contribution in [3.8, 4) is 11.1 Å². The summed E-state index contributed by atoms with van der Waals surface area (Å²) >= 11 is 0. The highest BCUT2D eigenvalue weighted by molar-refractivity contribution is 5.79. The molecule has 3 rings (SSSR count). The van der Waals surface area contributed by atoms with Crippen LogP contribution in [0, 0.1) is 0 Å². The zero-order valence-electron chi connectivity index (χ0n) is 14.8. The van der Waals surface area contributed by atoms with Crippen molar-refractivity contribution in [1.29, 1.82) is 0 Å². The van der Waals surface area contributed by atoms with Gasteiger partial charge in [-0.2, -0.15) is 0 Å². The Morgan fingerprint density at radius 3 is 2.15 bits per heavy atom. The van der Waals surface area contributed by atoms with Crippen molar-refractivity contribution in [2.75, 3.05) is 13.7 Å². The molecular weight excluding hydrogens is 332 g/mol.